The fourth-order valence-electron chi connectivity index (χ4n) is 1.01. The molecule has 0 saturated carbocycles. The molecule has 0 bridgehead atoms. The molecule has 0 amide bonds. The number of hydrogen-bond donors (Lipinski definition) is 1. The van der Waals surface area contributed by atoms with Crippen molar-refractivity contribution in [3.63, 3.8) is 0 Å². The zero-order chi connectivity index (χ0) is 13.2. The maximum absolute atomic E-state index is 13.2. The molecule has 0 aromatic heterocycles. The lowest BCUT2D eigenvalue weighted by atomic mass is 9.94. The van der Waals surface area contributed by atoms with Crippen LogP contribution in [0, 0.1) is 11.7 Å². The van der Waals surface area contributed by atoms with E-state index in [1.807, 2.05) is 13.8 Å². The third-order valence-electron chi connectivity index (χ3n) is 2.74. The van der Waals surface area contributed by atoms with Gasteiger partial charge in [0.2, 0.25) is 0 Å². The maximum atomic E-state index is 13.2. The van der Waals surface area contributed by atoms with Crippen molar-refractivity contribution in [1.82, 2.24) is 0 Å². The zero-order valence-electron chi connectivity index (χ0n) is 9.93. The monoisotopic (exact) mass is 324 g/mol. The molecular formula is C12H15BrClFO2. The summed E-state index contributed by atoms with van der Waals surface area (Å²) in [6, 6.07) is 2.62. The van der Waals surface area contributed by atoms with Crippen molar-refractivity contribution < 1.29 is 14.2 Å². The highest BCUT2D eigenvalue weighted by atomic mass is 79.9. The SMILES string of the molecule is CC(C)C(C)(O)COc1cc(F)c(Cl)cc1Br. The second kappa shape index (κ2) is 5.55. The number of benzene rings is 1. The van der Waals surface area contributed by atoms with Gasteiger partial charge in [-0.3, -0.25) is 0 Å². The Morgan fingerprint density at radius 1 is 1.53 bits per heavy atom. The van der Waals surface area contributed by atoms with Crippen LogP contribution in [0.15, 0.2) is 16.6 Å². The van der Waals surface area contributed by atoms with Gasteiger partial charge in [0.1, 0.15) is 18.2 Å². The summed E-state index contributed by atoms with van der Waals surface area (Å²) in [7, 11) is 0. The van der Waals surface area contributed by atoms with E-state index in [0.29, 0.717) is 10.2 Å². The van der Waals surface area contributed by atoms with Gasteiger partial charge in [-0.25, -0.2) is 4.39 Å². The molecule has 5 heteroatoms. The highest BCUT2D eigenvalue weighted by Crippen LogP contribution is 2.31. The summed E-state index contributed by atoms with van der Waals surface area (Å²) in [5.74, 6) is -0.180. The Morgan fingerprint density at radius 2 is 2.12 bits per heavy atom. The van der Waals surface area contributed by atoms with Crippen LogP contribution in [0.4, 0.5) is 4.39 Å². The van der Waals surface area contributed by atoms with Crippen LogP contribution in [-0.4, -0.2) is 17.3 Å². The van der Waals surface area contributed by atoms with Gasteiger partial charge in [-0.05, 0) is 34.8 Å². The van der Waals surface area contributed by atoms with Crippen LogP contribution in [0.5, 0.6) is 5.75 Å². The number of ether oxygens (including phenoxy) is 1. The van der Waals surface area contributed by atoms with Crippen LogP contribution >= 0.6 is 27.5 Å². The lowest BCUT2D eigenvalue weighted by Crippen LogP contribution is -2.37. The van der Waals surface area contributed by atoms with Gasteiger partial charge < -0.3 is 9.84 Å². The van der Waals surface area contributed by atoms with Crippen molar-refractivity contribution in [1.29, 1.82) is 0 Å². The lowest BCUT2D eigenvalue weighted by Gasteiger charge is -2.27. The van der Waals surface area contributed by atoms with Gasteiger partial charge in [-0.1, -0.05) is 25.4 Å². The highest BCUT2D eigenvalue weighted by Gasteiger charge is 2.26. The summed E-state index contributed by atoms with van der Waals surface area (Å²) in [6.45, 7) is 5.55. The second-order valence-corrected chi connectivity index (χ2v) is 5.76. The van der Waals surface area contributed by atoms with E-state index in [2.05, 4.69) is 15.9 Å². The van der Waals surface area contributed by atoms with Gasteiger partial charge in [-0.2, -0.15) is 0 Å². The van der Waals surface area contributed by atoms with Crippen LogP contribution in [0.3, 0.4) is 0 Å². The van der Waals surface area contributed by atoms with Crippen LogP contribution in [0.2, 0.25) is 5.02 Å². The van der Waals surface area contributed by atoms with Crippen molar-refractivity contribution in [2.24, 2.45) is 5.92 Å². The molecule has 0 heterocycles. The molecule has 0 aliphatic carbocycles. The zero-order valence-corrected chi connectivity index (χ0v) is 12.3. The minimum absolute atomic E-state index is 0.0276. The van der Waals surface area contributed by atoms with E-state index in [-0.39, 0.29) is 17.5 Å². The first-order valence-corrected chi connectivity index (χ1v) is 6.41. The molecule has 0 fully saturated rings. The molecule has 1 rings (SSSR count). The number of aliphatic hydroxyl groups is 1. The Hall–Kier alpha value is -0.320. The Bertz CT molecular complexity index is 408. The summed E-state index contributed by atoms with van der Waals surface area (Å²) in [4.78, 5) is 0. The molecule has 1 atom stereocenters. The summed E-state index contributed by atoms with van der Waals surface area (Å²) < 4.78 is 19.2. The Morgan fingerprint density at radius 3 is 2.65 bits per heavy atom. The van der Waals surface area contributed by atoms with Crippen LogP contribution in [0.25, 0.3) is 0 Å². The van der Waals surface area contributed by atoms with Gasteiger partial charge in [0.15, 0.2) is 0 Å². The molecule has 0 aliphatic rings. The van der Waals surface area contributed by atoms with Crippen molar-refractivity contribution in [3.8, 4) is 5.75 Å². The third-order valence-corrected chi connectivity index (χ3v) is 3.65. The Balaban J connectivity index is 2.80. The molecule has 0 aliphatic heterocycles. The molecule has 0 spiro atoms. The summed E-state index contributed by atoms with van der Waals surface area (Å²) in [5.41, 5.74) is -0.963. The first-order valence-electron chi connectivity index (χ1n) is 5.23. The maximum Gasteiger partial charge on any atom is 0.145 e. The molecule has 1 aromatic carbocycles. The van der Waals surface area contributed by atoms with Crippen LogP contribution < -0.4 is 4.74 Å². The summed E-state index contributed by atoms with van der Waals surface area (Å²) in [6.07, 6.45) is 0. The predicted octanol–water partition coefficient (Wildman–Crippen LogP) is 4.03. The van der Waals surface area contributed by atoms with Gasteiger partial charge >= 0.3 is 0 Å². The standard InChI is InChI=1S/C12H15BrClFO2/c1-7(2)12(3,16)6-17-11-5-10(15)9(14)4-8(11)13/h4-5,7,16H,6H2,1-3H3. The van der Waals surface area contributed by atoms with Crippen molar-refractivity contribution in [2.45, 2.75) is 26.4 Å². The van der Waals surface area contributed by atoms with Crippen molar-refractivity contribution >= 4 is 27.5 Å². The number of halogens is 3. The second-order valence-electron chi connectivity index (χ2n) is 4.50. The van der Waals surface area contributed by atoms with E-state index in [9.17, 15) is 9.50 Å². The van der Waals surface area contributed by atoms with Gasteiger partial charge in [-0.15, -0.1) is 0 Å². The summed E-state index contributed by atoms with van der Waals surface area (Å²) >= 11 is 8.84. The smallest absolute Gasteiger partial charge is 0.145 e. The molecule has 1 N–H and O–H groups in total. The van der Waals surface area contributed by atoms with Gasteiger partial charge in [0.05, 0.1) is 15.1 Å². The van der Waals surface area contributed by atoms with Gasteiger partial charge in [0, 0.05) is 6.07 Å². The number of rotatable bonds is 4. The molecule has 0 saturated heterocycles. The quantitative estimate of drug-likeness (QED) is 0.847. The fraction of sp³-hybridized carbons (Fsp3) is 0.500. The van der Waals surface area contributed by atoms with E-state index in [0.717, 1.165) is 0 Å². The molecule has 0 radical (unpaired) electrons. The minimum atomic E-state index is -0.963. The van der Waals surface area contributed by atoms with Crippen molar-refractivity contribution in [2.75, 3.05) is 6.61 Å². The van der Waals surface area contributed by atoms with E-state index in [1.165, 1.54) is 12.1 Å². The van der Waals surface area contributed by atoms with E-state index < -0.39 is 11.4 Å². The van der Waals surface area contributed by atoms with Gasteiger partial charge in [0.25, 0.3) is 0 Å². The first-order chi connectivity index (χ1) is 7.74. The van der Waals surface area contributed by atoms with Crippen LogP contribution in [0.1, 0.15) is 20.8 Å². The molecule has 17 heavy (non-hydrogen) atoms. The topological polar surface area (TPSA) is 29.5 Å². The van der Waals surface area contributed by atoms with E-state index >= 15 is 0 Å². The predicted molar refractivity (Wildman–Crippen MR) is 70.1 cm³/mol. The highest BCUT2D eigenvalue weighted by molar-refractivity contribution is 9.10. The third kappa shape index (κ3) is 3.83. The molecule has 96 valence electrons. The fourth-order valence-corrected chi connectivity index (χ4v) is 1.76. The molecule has 1 unspecified atom stereocenters. The average molecular weight is 326 g/mol. The Labute approximate surface area is 114 Å². The Kier molecular flexibility index (Phi) is 4.81. The van der Waals surface area contributed by atoms with E-state index in [4.69, 9.17) is 16.3 Å². The lowest BCUT2D eigenvalue weighted by molar-refractivity contribution is -0.0269. The van der Waals surface area contributed by atoms with E-state index in [1.54, 1.807) is 6.92 Å². The molecule has 2 nitrogen and oxygen atoms in total. The molecular weight excluding hydrogens is 310 g/mol. The minimum Gasteiger partial charge on any atom is -0.489 e. The van der Waals surface area contributed by atoms with Crippen LogP contribution in [-0.2, 0) is 0 Å². The normalized spacial score (nSPS) is 14.8. The van der Waals surface area contributed by atoms with Crippen molar-refractivity contribution in [3.05, 3.63) is 27.4 Å². The summed E-state index contributed by atoms with van der Waals surface area (Å²) in [5, 5.41) is 10.0. The molecule has 1 aromatic rings. The first kappa shape index (κ1) is 14.7. The number of hydrogen-bond acceptors (Lipinski definition) is 2. The largest absolute Gasteiger partial charge is 0.489 e. The average Bonchev–Trinajstić information content (AvgIpc) is 2.21.